The maximum absolute atomic E-state index is 4.35. The Balaban J connectivity index is 1.34. The van der Waals surface area contributed by atoms with Gasteiger partial charge in [-0.1, -0.05) is 83.9 Å². The van der Waals surface area contributed by atoms with Crippen molar-refractivity contribution in [1.82, 2.24) is 20.3 Å². The van der Waals surface area contributed by atoms with Crippen molar-refractivity contribution in [3.8, 4) is 11.8 Å². The molecule has 1 atom stereocenters. The summed E-state index contributed by atoms with van der Waals surface area (Å²) in [5.74, 6) is 6.28. The van der Waals surface area contributed by atoms with Gasteiger partial charge in [0.2, 0.25) is 0 Å². The molecule has 1 heterocycles. The molecule has 0 radical (unpaired) electrons. The predicted molar refractivity (Wildman–Crippen MR) is 131 cm³/mol. The van der Waals surface area contributed by atoms with Gasteiger partial charge in [-0.2, -0.15) is 0 Å². The number of nitrogens with one attached hydrogen (secondary N) is 1. The lowest BCUT2D eigenvalue weighted by molar-refractivity contribution is -0.430. The molecule has 0 aliphatic rings. The molecule has 0 aliphatic heterocycles. The molecule has 4 rings (SSSR count). The van der Waals surface area contributed by atoms with E-state index in [4.69, 9.17) is 0 Å². The highest BCUT2D eigenvalue weighted by Crippen LogP contribution is 2.23. The second kappa shape index (κ2) is 11.2. The standard InChI is InChI=1S/C28H29N5/c1-2-9-22-14-16-25(17-15-22)28(29)21-33-20-26(31-32-33)18-30-19-27(23-10-5-3-6-11-23)24-12-7-4-8-13-24/h3-8,10-17,20,27-28,30H,18-19,21,29H2,1H3/p+1. The molecule has 4 N–H and O–H groups in total. The van der Waals surface area contributed by atoms with E-state index in [2.05, 4.69) is 106 Å². The van der Waals surface area contributed by atoms with Gasteiger partial charge in [-0.05, 0) is 30.2 Å². The fraction of sp³-hybridized carbons (Fsp3) is 0.214. The van der Waals surface area contributed by atoms with Crippen molar-refractivity contribution in [3.63, 3.8) is 0 Å². The van der Waals surface area contributed by atoms with Crippen LogP contribution in [0.15, 0.2) is 91.1 Å². The smallest absolute Gasteiger partial charge is 0.130 e. The average molecular weight is 437 g/mol. The van der Waals surface area contributed by atoms with Crippen molar-refractivity contribution in [2.75, 3.05) is 6.54 Å². The Bertz CT molecular complexity index is 1150. The number of benzene rings is 3. The van der Waals surface area contributed by atoms with Crippen LogP contribution >= 0.6 is 0 Å². The van der Waals surface area contributed by atoms with Gasteiger partial charge in [0.1, 0.15) is 6.04 Å². The summed E-state index contributed by atoms with van der Waals surface area (Å²) in [6.07, 6.45) is 2.00. The van der Waals surface area contributed by atoms with Crippen LogP contribution in [0.1, 0.15) is 46.8 Å². The molecule has 0 bridgehead atoms. The summed E-state index contributed by atoms with van der Waals surface area (Å²) in [5, 5.41) is 12.2. The zero-order chi connectivity index (χ0) is 22.9. The molecule has 0 spiro atoms. The molecule has 0 amide bonds. The fourth-order valence-electron chi connectivity index (χ4n) is 3.97. The topological polar surface area (TPSA) is 70.4 Å². The van der Waals surface area contributed by atoms with Gasteiger partial charge >= 0.3 is 0 Å². The summed E-state index contributed by atoms with van der Waals surface area (Å²) in [6.45, 7) is 4.02. The number of aromatic nitrogens is 3. The Kier molecular flexibility index (Phi) is 7.65. The third-order valence-corrected chi connectivity index (χ3v) is 5.70. The van der Waals surface area contributed by atoms with Crippen LogP contribution in [0.2, 0.25) is 0 Å². The molecule has 0 aliphatic carbocycles. The van der Waals surface area contributed by atoms with Crippen LogP contribution in [-0.2, 0) is 13.1 Å². The van der Waals surface area contributed by atoms with Gasteiger partial charge in [-0.25, -0.2) is 4.68 Å². The zero-order valence-corrected chi connectivity index (χ0v) is 19.0. The van der Waals surface area contributed by atoms with E-state index in [0.717, 1.165) is 17.8 Å². The Morgan fingerprint density at radius 1 is 0.879 bits per heavy atom. The van der Waals surface area contributed by atoms with Crippen LogP contribution in [0.25, 0.3) is 0 Å². The Labute approximate surface area is 195 Å². The summed E-state index contributed by atoms with van der Waals surface area (Å²) < 4.78 is 1.88. The lowest BCUT2D eigenvalue weighted by Gasteiger charge is -2.18. The van der Waals surface area contributed by atoms with Crippen LogP contribution in [0.3, 0.4) is 0 Å². The van der Waals surface area contributed by atoms with E-state index in [-0.39, 0.29) is 12.0 Å². The molecule has 1 aromatic heterocycles. The monoisotopic (exact) mass is 436 g/mol. The van der Waals surface area contributed by atoms with E-state index in [0.29, 0.717) is 13.1 Å². The van der Waals surface area contributed by atoms with Crippen LogP contribution in [-0.4, -0.2) is 21.5 Å². The fourth-order valence-corrected chi connectivity index (χ4v) is 3.97. The predicted octanol–water partition coefficient (Wildman–Crippen LogP) is 3.55. The first-order valence-electron chi connectivity index (χ1n) is 11.3. The van der Waals surface area contributed by atoms with Gasteiger partial charge in [0, 0.05) is 30.1 Å². The van der Waals surface area contributed by atoms with Gasteiger partial charge in [0.15, 0.2) is 0 Å². The average Bonchev–Trinajstić information content (AvgIpc) is 3.30. The van der Waals surface area contributed by atoms with Crippen LogP contribution < -0.4 is 11.1 Å². The largest absolute Gasteiger partial charge is 0.350 e. The summed E-state index contributed by atoms with van der Waals surface area (Å²) in [7, 11) is 0. The minimum atomic E-state index is 0.0942. The van der Waals surface area contributed by atoms with E-state index >= 15 is 0 Å². The lowest BCUT2D eigenvalue weighted by Crippen LogP contribution is -2.55. The molecule has 5 heteroatoms. The maximum Gasteiger partial charge on any atom is 0.130 e. The molecule has 33 heavy (non-hydrogen) atoms. The first kappa shape index (κ1) is 22.5. The molecule has 0 saturated carbocycles. The molecular weight excluding hydrogens is 406 g/mol. The molecule has 5 nitrogen and oxygen atoms in total. The summed E-state index contributed by atoms with van der Waals surface area (Å²) in [6, 6.07) is 29.6. The Hall–Kier alpha value is -3.72. The number of hydrogen-bond acceptors (Lipinski definition) is 3. The Morgan fingerprint density at radius 3 is 2.12 bits per heavy atom. The molecule has 0 fully saturated rings. The second-order valence-corrected chi connectivity index (χ2v) is 8.13. The van der Waals surface area contributed by atoms with Crippen LogP contribution in [0.5, 0.6) is 0 Å². The third kappa shape index (κ3) is 6.17. The van der Waals surface area contributed by atoms with Crippen LogP contribution in [0.4, 0.5) is 0 Å². The lowest BCUT2D eigenvalue weighted by atomic mass is 9.91. The van der Waals surface area contributed by atoms with Crippen LogP contribution in [0, 0.1) is 11.8 Å². The van der Waals surface area contributed by atoms with Gasteiger partial charge in [-0.15, -0.1) is 11.0 Å². The molecular formula is C28H30N5+. The SMILES string of the molecule is CC#Cc1ccc(C([NH3+])Cn2cc(CNCC(c3ccccc3)c3ccccc3)nn2)cc1. The highest BCUT2D eigenvalue weighted by Gasteiger charge is 2.15. The highest BCUT2D eigenvalue weighted by atomic mass is 15.4. The van der Waals surface area contributed by atoms with E-state index in [9.17, 15) is 0 Å². The molecule has 1 unspecified atom stereocenters. The normalized spacial score (nSPS) is 11.7. The van der Waals surface area contributed by atoms with Crippen molar-refractivity contribution in [2.24, 2.45) is 0 Å². The van der Waals surface area contributed by atoms with E-state index in [1.54, 1.807) is 0 Å². The third-order valence-electron chi connectivity index (χ3n) is 5.70. The number of rotatable bonds is 9. The van der Waals surface area contributed by atoms with Gasteiger partial charge in [0.25, 0.3) is 0 Å². The minimum absolute atomic E-state index is 0.0942. The number of nitrogens with zero attached hydrogens (tertiary/aromatic N) is 3. The van der Waals surface area contributed by atoms with E-state index < -0.39 is 0 Å². The minimum Gasteiger partial charge on any atom is -0.350 e. The highest BCUT2D eigenvalue weighted by molar-refractivity contribution is 5.36. The maximum atomic E-state index is 4.35. The summed E-state index contributed by atoms with van der Waals surface area (Å²) in [4.78, 5) is 0. The summed E-state index contributed by atoms with van der Waals surface area (Å²) >= 11 is 0. The van der Waals surface area contributed by atoms with Crippen molar-refractivity contribution in [1.29, 1.82) is 0 Å². The first-order valence-corrected chi connectivity index (χ1v) is 11.3. The van der Waals surface area contributed by atoms with Gasteiger partial charge in [-0.3, -0.25) is 0 Å². The van der Waals surface area contributed by atoms with Crippen molar-refractivity contribution in [2.45, 2.75) is 32.0 Å². The quantitative estimate of drug-likeness (QED) is 0.394. The number of hydrogen-bond donors (Lipinski definition) is 2. The number of quaternary nitrogens is 1. The molecule has 4 aromatic rings. The van der Waals surface area contributed by atoms with E-state index in [1.165, 1.54) is 16.7 Å². The van der Waals surface area contributed by atoms with Crippen molar-refractivity contribution < 1.29 is 5.73 Å². The molecule has 0 saturated heterocycles. The van der Waals surface area contributed by atoms with Gasteiger partial charge in [0.05, 0.1) is 18.4 Å². The zero-order valence-electron chi connectivity index (χ0n) is 19.0. The first-order chi connectivity index (χ1) is 16.2. The van der Waals surface area contributed by atoms with Crippen molar-refractivity contribution in [3.05, 3.63) is 119 Å². The van der Waals surface area contributed by atoms with E-state index in [1.807, 2.05) is 29.9 Å². The van der Waals surface area contributed by atoms with Crippen molar-refractivity contribution >= 4 is 0 Å². The Morgan fingerprint density at radius 2 is 1.52 bits per heavy atom. The summed E-state index contributed by atoms with van der Waals surface area (Å²) in [5.41, 5.74) is 10.0. The molecule has 3 aromatic carbocycles. The molecule has 166 valence electrons. The van der Waals surface area contributed by atoms with Gasteiger partial charge < -0.3 is 11.1 Å². The second-order valence-electron chi connectivity index (χ2n) is 8.13.